The molecule has 0 aromatic carbocycles. The minimum Gasteiger partial charge on any atom is -0.466 e. The number of methoxy groups -OCH3 is 1. The van der Waals surface area contributed by atoms with Crippen LogP contribution in [0.25, 0.3) is 0 Å². The van der Waals surface area contributed by atoms with Crippen molar-refractivity contribution >= 4 is 5.97 Å². The molecule has 0 radical (unpaired) electrons. The molecule has 0 aromatic heterocycles. The third-order valence-electron chi connectivity index (χ3n) is 6.60. The van der Waals surface area contributed by atoms with E-state index in [1.807, 2.05) is 19.1 Å². The van der Waals surface area contributed by atoms with Crippen LogP contribution in [-0.2, 0) is 23.9 Å². The Morgan fingerprint density at radius 3 is 2.52 bits per heavy atom. The Hall–Kier alpha value is -1.21. The van der Waals surface area contributed by atoms with Gasteiger partial charge in [0.1, 0.15) is 5.60 Å². The summed E-state index contributed by atoms with van der Waals surface area (Å²) < 4.78 is 16.8. The maximum Gasteiger partial charge on any atom is 0.333 e. The number of hydrogen-bond acceptors (Lipinski definition) is 6. The Balaban J connectivity index is 1.76. The topological polar surface area (TPSA) is 80.8 Å². The van der Waals surface area contributed by atoms with Gasteiger partial charge in [-0.25, -0.2) is 9.68 Å². The van der Waals surface area contributed by atoms with Crippen LogP contribution >= 0.6 is 0 Å². The lowest BCUT2D eigenvalue weighted by Gasteiger charge is -2.23. The van der Waals surface area contributed by atoms with E-state index in [1.54, 1.807) is 0 Å². The highest BCUT2D eigenvalue weighted by Gasteiger charge is 2.54. The summed E-state index contributed by atoms with van der Waals surface area (Å²) >= 11 is 0. The summed E-state index contributed by atoms with van der Waals surface area (Å²) in [5.74, 6) is -0.332. The molecule has 3 aliphatic rings. The van der Waals surface area contributed by atoms with Crippen LogP contribution in [0.15, 0.2) is 24.3 Å². The minimum atomic E-state index is -0.723. The Bertz CT molecular complexity index is 630. The predicted molar refractivity (Wildman–Crippen MR) is 100 cm³/mol. The van der Waals surface area contributed by atoms with Crippen LogP contribution in [-0.4, -0.2) is 47.3 Å². The van der Waals surface area contributed by atoms with E-state index in [9.17, 15) is 10.1 Å². The molecule has 2 saturated heterocycles. The Kier molecular flexibility index (Phi) is 5.56. The SMILES string of the molecule is C=C(C(=O)OC)[C@H]1CC[C@@]2(C)O[C@@H]2CC[C@@](C)(OO)/C=C\C[C@@]2(C)O[C@H]2C1. The van der Waals surface area contributed by atoms with Crippen molar-refractivity contribution in [3.63, 3.8) is 0 Å². The van der Waals surface area contributed by atoms with Crippen molar-refractivity contribution in [2.45, 2.75) is 88.3 Å². The van der Waals surface area contributed by atoms with Crippen molar-refractivity contribution in [1.82, 2.24) is 0 Å². The van der Waals surface area contributed by atoms with Crippen molar-refractivity contribution in [2.24, 2.45) is 5.92 Å². The van der Waals surface area contributed by atoms with Gasteiger partial charge < -0.3 is 14.2 Å². The first-order valence-electron chi connectivity index (χ1n) is 9.78. The van der Waals surface area contributed by atoms with Gasteiger partial charge >= 0.3 is 5.97 Å². The number of hydrogen-bond donors (Lipinski definition) is 1. The van der Waals surface area contributed by atoms with Crippen LogP contribution in [0.1, 0.15) is 59.3 Å². The Morgan fingerprint density at radius 1 is 1.15 bits per heavy atom. The molecule has 6 nitrogen and oxygen atoms in total. The average Bonchev–Trinajstić information content (AvgIpc) is 3.50. The first-order chi connectivity index (χ1) is 12.6. The Morgan fingerprint density at radius 2 is 1.85 bits per heavy atom. The fourth-order valence-corrected chi connectivity index (χ4v) is 4.21. The fraction of sp³-hybridized carbons (Fsp3) is 0.762. The van der Waals surface area contributed by atoms with Crippen molar-refractivity contribution in [1.29, 1.82) is 0 Å². The van der Waals surface area contributed by atoms with Crippen molar-refractivity contribution in [3.05, 3.63) is 24.3 Å². The lowest BCUT2D eigenvalue weighted by atomic mass is 9.83. The minimum absolute atomic E-state index is 0.0175. The number of fused-ring (bicyclic) bond motifs is 2. The molecule has 1 N–H and O–H groups in total. The lowest BCUT2D eigenvalue weighted by molar-refractivity contribution is -0.304. The molecule has 0 saturated carbocycles. The number of esters is 1. The molecule has 0 amide bonds. The van der Waals surface area contributed by atoms with Gasteiger partial charge in [-0.2, -0.15) is 0 Å². The zero-order valence-corrected chi connectivity index (χ0v) is 16.8. The second-order valence-electron chi connectivity index (χ2n) is 8.88. The summed E-state index contributed by atoms with van der Waals surface area (Å²) in [4.78, 5) is 16.8. The molecule has 6 heteroatoms. The molecule has 1 aliphatic carbocycles. The highest BCUT2D eigenvalue weighted by Crippen LogP contribution is 2.49. The van der Waals surface area contributed by atoms with Crippen LogP contribution < -0.4 is 0 Å². The summed E-state index contributed by atoms with van der Waals surface area (Å²) in [5.41, 5.74) is -0.666. The van der Waals surface area contributed by atoms with Gasteiger partial charge in [0.25, 0.3) is 0 Å². The normalized spacial score (nSPS) is 45.6. The Labute approximate surface area is 161 Å². The predicted octanol–water partition coefficient (Wildman–Crippen LogP) is 3.81. The van der Waals surface area contributed by atoms with Crippen LogP contribution in [0.5, 0.6) is 0 Å². The molecule has 0 unspecified atom stereocenters. The molecule has 0 bridgehead atoms. The molecule has 0 spiro atoms. The highest BCUT2D eigenvalue weighted by atomic mass is 17.1. The van der Waals surface area contributed by atoms with Crippen molar-refractivity contribution in [2.75, 3.05) is 7.11 Å². The molecule has 2 aliphatic heterocycles. The number of epoxide rings is 2. The monoisotopic (exact) mass is 380 g/mol. The zero-order valence-electron chi connectivity index (χ0n) is 16.8. The maximum absolute atomic E-state index is 12.0. The van der Waals surface area contributed by atoms with Crippen molar-refractivity contribution in [3.8, 4) is 0 Å². The maximum atomic E-state index is 12.0. The highest BCUT2D eigenvalue weighted by molar-refractivity contribution is 5.88. The van der Waals surface area contributed by atoms with Crippen LogP contribution in [0.2, 0.25) is 0 Å². The average molecular weight is 380 g/mol. The summed E-state index contributed by atoms with van der Waals surface area (Å²) in [6.45, 7) is 10.0. The molecule has 2 fully saturated rings. The summed E-state index contributed by atoms with van der Waals surface area (Å²) in [6.07, 6.45) is 8.72. The molecule has 6 atom stereocenters. The summed E-state index contributed by atoms with van der Waals surface area (Å²) in [7, 11) is 1.39. The quantitative estimate of drug-likeness (QED) is 0.200. The molecular weight excluding hydrogens is 348 g/mol. The molecule has 3 rings (SSSR count). The molecular formula is C21H32O6. The van der Waals surface area contributed by atoms with Gasteiger partial charge in [-0.05, 0) is 65.2 Å². The van der Waals surface area contributed by atoms with E-state index >= 15 is 0 Å². The molecule has 2 heterocycles. The lowest BCUT2D eigenvalue weighted by Crippen LogP contribution is -2.27. The van der Waals surface area contributed by atoms with Gasteiger partial charge in [0.2, 0.25) is 0 Å². The van der Waals surface area contributed by atoms with Gasteiger partial charge in [0.05, 0.1) is 30.5 Å². The van der Waals surface area contributed by atoms with E-state index < -0.39 is 5.60 Å². The molecule has 152 valence electrons. The molecule has 0 aromatic rings. The first-order valence-corrected chi connectivity index (χ1v) is 9.78. The second-order valence-corrected chi connectivity index (χ2v) is 8.88. The van der Waals surface area contributed by atoms with E-state index in [-0.39, 0.29) is 35.3 Å². The number of rotatable bonds is 3. The van der Waals surface area contributed by atoms with Gasteiger partial charge in [0.15, 0.2) is 0 Å². The first kappa shape index (κ1) is 20.5. The second kappa shape index (κ2) is 7.32. The summed E-state index contributed by atoms with van der Waals surface area (Å²) in [5, 5.41) is 9.35. The number of carbonyl (C=O) groups excluding carboxylic acids is 1. The van der Waals surface area contributed by atoms with E-state index in [1.165, 1.54) is 7.11 Å². The third-order valence-corrected chi connectivity index (χ3v) is 6.60. The van der Waals surface area contributed by atoms with Gasteiger partial charge in [-0.3, -0.25) is 5.26 Å². The third kappa shape index (κ3) is 4.45. The van der Waals surface area contributed by atoms with E-state index in [4.69, 9.17) is 19.1 Å². The van der Waals surface area contributed by atoms with E-state index in [0.29, 0.717) is 12.0 Å². The van der Waals surface area contributed by atoms with Gasteiger partial charge in [0, 0.05) is 5.57 Å². The van der Waals surface area contributed by atoms with E-state index in [2.05, 4.69) is 20.4 Å². The number of carbonyl (C=O) groups is 1. The standard InChI is InChI=1S/C21H32O6/c1-14(18(22)24-5)15-7-12-21(4)16(25-21)8-11-19(2,27-23)9-6-10-20(3)17(13-15)26-20/h6,9,15-17,23H,1,7-8,10-13H2,2-5H3/b9-6-/t15-,16+,17-,19-,20+,21+/m0/s1. The van der Waals surface area contributed by atoms with Crippen LogP contribution in [0.3, 0.4) is 0 Å². The van der Waals surface area contributed by atoms with Gasteiger partial charge in [-0.1, -0.05) is 18.7 Å². The fourth-order valence-electron chi connectivity index (χ4n) is 4.21. The van der Waals surface area contributed by atoms with Crippen LogP contribution in [0.4, 0.5) is 0 Å². The smallest absolute Gasteiger partial charge is 0.333 e. The van der Waals surface area contributed by atoms with Gasteiger partial charge in [-0.15, -0.1) is 0 Å². The zero-order chi connectivity index (χ0) is 19.9. The van der Waals surface area contributed by atoms with Crippen LogP contribution in [0, 0.1) is 5.92 Å². The van der Waals surface area contributed by atoms with E-state index in [0.717, 1.165) is 32.1 Å². The van der Waals surface area contributed by atoms with Crippen molar-refractivity contribution < 1.29 is 29.1 Å². The number of ether oxygens (including phenoxy) is 3. The molecule has 27 heavy (non-hydrogen) atoms. The summed E-state index contributed by atoms with van der Waals surface area (Å²) in [6, 6.07) is 0. The largest absolute Gasteiger partial charge is 0.466 e.